The molecule has 0 bridgehead atoms. The molecule has 4 rings (SSSR count). The van der Waals surface area contributed by atoms with Gasteiger partial charge in [0.2, 0.25) is 10.0 Å². The SMILES string of the molecule is CO/C=C\NS(=O)(=O)Cc1ccc(-c2nc(-c3ccccc3)[nH]c2-c2ccncc2)cc1. The first kappa shape index (κ1) is 21.3. The average Bonchev–Trinajstić information content (AvgIpc) is 3.26. The van der Waals surface area contributed by atoms with Gasteiger partial charge in [0.05, 0.1) is 30.5 Å². The maximum absolute atomic E-state index is 12.2. The minimum Gasteiger partial charge on any atom is -0.503 e. The van der Waals surface area contributed by atoms with Gasteiger partial charge in [-0.3, -0.25) is 9.71 Å². The Morgan fingerprint density at radius 1 is 0.938 bits per heavy atom. The fourth-order valence-electron chi connectivity index (χ4n) is 3.26. The quantitative estimate of drug-likeness (QED) is 0.393. The highest BCUT2D eigenvalue weighted by molar-refractivity contribution is 7.88. The number of H-pyrrole nitrogens is 1. The van der Waals surface area contributed by atoms with E-state index < -0.39 is 10.0 Å². The van der Waals surface area contributed by atoms with Crippen LogP contribution in [0, 0.1) is 0 Å². The third-order valence-corrected chi connectivity index (χ3v) is 5.96. The number of hydrogen-bond acceptors (Lipinski definition) is 5. The van der Waals surface area contributed by atoms with Crippen LogP contribution >= 0.6 is 0 Å². The summed E-state index contributed by atoms with van der Waals surface area (Å²) in [7, 11) is -2.07. The van der Waals surface area contributed by atoms with Crippen LogP contribution in [0.1, 0.15) is 5.56 Å². The largest absolute Gasteiger partial charge is 0.503 e. The second-order valence-electron chi connectivity index (χ2n) is 7.02. The lowest BCUT2D eigenvalue weighted by atomic mass is 10.0. The Kier molecular flexibility index (Phi) is 6.32. The molecule has 0 aliphatic rings. The molecule has 2 aromatic heterocycles. The maximum Gasteiger partial charge on any atom is 0.236 e. The Morgan fingerprint density at radius 2 is 1.66 bits per heavy atom. The van der Waals surface area contributed by atoms with E-state index in [4.69, 9.17) is 9.72 Å². The number of benzene rings is 2. The molecule has 0 spiro atoms. The normalized spacial score (nSPS) is 11.5. The van der Waals surface area contributed by atoms with E-state index in [1.807, 2.05) is 54.6 Å². The number of pyridine rings is 1. The van der Waals surface area contributed by atoms with Gasteiger partial charge in [0.25, 0.3) is 0 Å². The van der Waals surface area contributed by atoms with Crippen molar-refractivity contribution >= 4 is 10.0 Å². The highest BCUT2D eigenvalue weighted by atomic mass is 32.2. The molecule has 0 aliphatic heterocycles. The standard InChI is InChI=1S/C24H22N4O3S/c1-31-16-15-26-32(29,30)17-18-7-9-19(10-8-18)22-23(20-11-13-25-14-12-20)28-24(27-22)21-5-3-2-4-6-21/h2-16,26H,17H2,1H3,(H,27,28)/b16-15-. The van der Waals surface area contributed by atoms with E-state index in [9.17, 15) is 8.42 Å². The van der Waals surface area contributed by atoms with Gasteiger partial charge >= 0.3 is 0 Å². The molecule has 0 aliphatic carbocycles. The summed E-state index contributed by atoms with van der Waals surface area (Å²) in [6.45, 7) is 0. The van der Waals surface area contributed by atoms with Crippen molar-refractivity contribution in [2.45, 2.75) is 5.75 Å². The molecule has 4 aromatic rings. The van der Waals surface area contributed by atoms with Crippen LogP contribution in [-0.2, 0) is 20.5 Å². The molecule has 7 nitrogen and oxygen atoms in total. The number of rotatable bonds is 8. The molecular weight excluding hydrogens is 424 g/mol. The van der Waals surface area contributed by atoms with Gasteiger partial charge in [0, 0.05) is 35.3 Å². The number of methoxy groups -OCH3 is 1. The van der Waals surface area contributed by atoms with Crippen molar-refractivity contribution < 1.29 is 13.2 Å². The minimum absolute atomic E-state index is 0.144. The first-order chi connectivity index (χ1) is 15.6. The van der Waals surface area contributed by atoms with Crippen LogP contribution in [0.25, 0.3) is 33.9 Å². The van der Waals surface area contributed by atoms with E-state index in [1.54, 1.807) is 24.5 Å². The first-order valence-corrected chi connectivity index (χ1v) is 11.5. The first-order valence-electron chi connectivity index (χ1n) is 9.89. The summed E-state index contributed by atoms with van der Waals surface area (Å²) in [4.78, 5) is 12.4. The molecule has 0 saturated carbocycles. The Balaban J connectivity index is 1.67. The predicted molar refractivity (Wildman–Crippen MR) is 125 cm³/mol. The third kappa shape index (κ3) is 5.04. The zero-order valence-corrected chi connectivity index (χ0v) is 18.2. The van der Waals surface area contributed by atoms with Crippen LogP contribution in [0.5, 0.6) is 0 Å². The number of hydrogen-bond donors (Lipinski definition) is 2. The van der Waals surface area contributed by atoms with Gasteiger partial charge in [-0.25, -0.2) is 13.4 Å². The van der Waals surface area contributed by atoms with Gasteiger partial charge in [0.1, 0.15) is 5.82 Å². The summed E-state index contributed by atoms with van der Waals surface area (Å²) in [5, 5.41) is 0. The summed E-state index contributed by atoms with van der Waals surface area (Å²) in [6, 6.07) is 21.1. The second-order valence-corrected chi connectivity index (χ2v) is 8.78. The Labute approximate surface area is 186 Å². The Morgan fingerprint density at radius 3 is 2.34 bits per heavy atom. The van der Waals surface area contributed by atoms with Crippen molar-refractivity contribution in [3.63, 3.8) is 0 Å². The van der Waals surface area contributed by atoms with E-state index in [1.165, 1.54) is 19.6 Å². The van der Waals surface area contributed by atoms with Gasteiger partial charge in [-0.15, -0.1) is 0 Å². The fraction of sp³-hybridized carbons (Fsp3) is 0.0833. The van der Waals surface area contributed by atoms with Gasteiger partial charge in [-0.2, -0.15) is 0 Å². The topological polar surface area (TPSA) is 97.0 Å². The van der Waals surface area contributed by atoms with Crippen molar-refractivity contribution in [1.82, 2.24) is 19.7 Å². The van der Waals surface area contributed by atoms with E-state index in [0.29, 0.717) is 5.56 Å². The van der Waals surface area contributed by atoms with Crippen molar-refractivity contribution in [3.05, 3.63) is 97.1 Å². The summed E-state index contributed by atoms with van der Waals surface area (Å²) in [5.74, 6) is 0.613. The number of nitrogens with zero attached hydrogens (tertiary/aromatic N) is 2. The molecule has 162 valence electrons. The van der Waals surface area contributed by atoms with Crippen molar-refractivity contribution in [2.75, 3.05) is 7.11 Å². The number of nitrogens with one attached hydrogen (secondary N) is 2. The zero-order valence-electron chi connectivity index (χ0n) is 17.4. The Bertz CT molecular complexity index is 1300. The Hall–Kier alpha value is -3.91. The molecule has 0 unspecified atom stereocenters. The molecule has 2 N–H and O–H groups in total. The fourth-order valence-corrected chi connectivity index (χ4v) is 4.24. The lowest BCUT2D eigenvalue weighted by Gasteiger charge is -2.06. The lowest BCUT2D eigenvalue weighted by Crippen LogP contribution is -2.19. The van der Waals surface area contributed by atoms with Crippen LogP contribution in [0.4, 0.5) is 0 Å². The van der Waals surface area contributed by atoms with Gasteiger partial charge < -0.3 is 9.72 Å². The molecule has 8 heteroatoms. The molecule has 0 amide bonds. The summed E-state index contributed by atoms with van der Waals surface area (Å²) >= 11 is 0. The van der Waals surface area contributed by atoms with E-state index in [-0.39, 0.29) is 5.75 Å². The van der Waals surface area contributed by atoms with Crippen LogP contribution in [0.2, 0.25) is 0 Å². The van der Waals surface area contributed by atoms with E-state index in [2.05, 4.69) is 14.7 Å². The zero-order chi connectivity index (χ0) is 22.4. The molecule has 2 aromatic carbocycles. The van der Waals surface area contributed by atoms with Crippen LogP contribution in [0.3, 0.4) is 0 Å². The van der Waals surface area contributed by atoms with Crippen molar-refractivity contribution in [3.8, 4) is 33.9 Å². The molecule has 0 fully saturated rings. The summed E-state index contributed by atoms with van der Waals surface area (Å²) in [6.07, 6.45) is 5.99. The third-order valence-electron chi connectivity index (χ3n) is 4.76. The van der Waals surface area contributed by atoms with Crippen LogP contribution in [0.15, 0.2) is 91.6 Å². The number of imidazole rings is 1. The highest BCUT2D eigenvalue weighted by Gasteiger charge is 2.16. The molecular formula is C24H22N4O3S. The highest BCUT2D eigenvalue weighted by Crippen LogP contribution is 2.33. The number of sulfonamides is 1. The molecule has 2 heterocycles. The van der Waals surface area contributed by atoms with Crippen molar-refractivity contribution in [1.29, 1.82) is 0 Å². The van der Waals surface area contributed by atoms with E-state index in [0.717, 1.165) is 33.9 Å². The van der Waals surface area contributed by atoms with Gasteiger partial charge in [-0.1, -0.05) is 54.6 Å². The number of ether oxygens (including phenoxy) is 1. The number of aromatic amines is 1. The smallest absolute Gasteiger partial charge is 0.236 e. The summed E-state index contributed by atoms with van der Waals surface area (Å²) < 4.78 is 31.4. The van der Waals surface area contributed by atoms with Gasteiger partial charge in [-0.05, 0) is 17.7 Å². The predicted octanol–water partition coefficient (Wildman–Crippen LogP) is 4.34. The molecule has 0 saturated heterocycles. The second kappa shape index (κ2) is 9.49. The minimum atomic E-state index is -3.51. The molecule has 32 heavy (non-hydrogen) atoms. The molecule has 0 radical (unpaired) electrons. The maximum atomic E-state index is 12.2. The lowest BCUT2D eigenvalue weighted by molar-refractivity contribution is 0.336. The van der Waals surface area contributed by atoms with Gasteiger partial charge in [0.15, 0.2) is 0 Å². The van der Waals surface area contributed by atoms with Crippen molar-refractivity contribution in [2.24, 2.45) is 0 Å². The van der Waals surface area contributed by atoms with Crippen LogP contribution < -0.4 is 4.72 Å². The average molecular weight is 447 g/mol. The van der Waals surface area contributed by atoms with E-state index >= 15 is 0 Å². The number of aromatic nitrogens is 3. The monoisotopic (exact) mass is 446 g/mol. The molecule has 0 atom stereocenters. The van der Waals surface area contributed by atoms with Crippen LogP contribution in [-0.4, -0.2) is 30.5 Å². The summed E-state index contributed by atoms with van der Waals surface area (Å²) in [5.41, 5.74) is 5.14.